The van der Waals surface area contributed by atoms with Gasteiger partial charge in [-0.2, -0.15) is 20.2 Å². The number of ketones is 2. The summed E-state index contributed by atoms with van der Waals surface area (Å²) in [5.74, 6) is 2.03. The van der Waals surface area contributed by atoms with Crippen LogP contribution in [-0.2, 0) is 38.0 Å². The third kappa shape index (κ3) is 12.9. The number of rotatable bonds is 14. The fraction of sp³-hybridized carbons (Fsp3) is 0.407. The number of Topliss-reactive ketones (excluding diaryl/α,β-unsaturated/α-hetero) is 2. The van der Waals surface area contributed by atoms with Gasteiger partial charge in [0, 0.05) is 93.3 Å². The van der Waals surface area contributed by atoms with Gasteiger partial charge in [0.25, 0.3) is 0 Å². The predicted molar refractivity (Wildman–Crippen MR) is 281 cm³/mol. The van der Waals surface area contributed by atoms with Gasteiger partial charge in [0.15, 0.2) is 0 Å². The Morgan fingerprint density at radius 3 is 1.68 bits per heavy atom. The van der Waals surface area contributed by atoms with E-state index in [1.54, 1.807) is 34.2 Å². The Balaban J connectivity index is 0.000000184. The van der Waals surface area contributed by atoms with Crippen LogP contribution in [-0.4, -0.2) is 108 Å². The van der Waals surface area contributed by atoms with Gasteiger partial charge in [0.05, 0.1) is 41.8 Å². The van der Waals surface area contributed by atoms with Gasteiger partial charge in [-0.3, -0.25) is 23.9 Å². The zero-order chi connectivity index (χ0) is 52.9. The summed E-state index contributed by atoms with van der Waals surface area (Å²) in [6.07, 6.45) is 12.9. The number of fused-ring (bicyclic) bond motifs is 2. The van der Waals surface area contributed by atoms with Gasteiger partial charge in [-0.25, -0.2) is 19.9 Å². The molecule has 21 nitrogen and oxygen atoms in total. The first-order valence-corrected chi connectivity index (χ1v) is 25.2. The van der Waals surface area contributed by atoms with E-state index >= 15 is 0 Å². The quantitative estimate of drug-likeness (QED) is 0.0752. The molecule has 2 aliphatic rings. The summed E-state index contributed by atoms with van der Waals surface area (Å²) >= 11 is 0. The molecular weight excluding hydrogens is 953 g/mol. The molecule has 10 rings (SSSR count). The molecule has 0 radical (unpaired) electrons. The number of aliphatic hydroxyl groups is 1. The summed E-state index contributed by atoms with van der Waals surface area (Å²) < 4.78 is 14.1. The van der Waals surface area contributed by atoms with Crippen molar-refractivity contribution >= 4 is 34.8 Å². The number of hydrogen-bond acceptors (Lipinski definition) is 19. The van der Waals surface area contributed by atoms with Gasteiger partial charge < -0.3 is 30.1 Å². The van der Waals surface area contributed by atoms with E-state index in [1.807, 2.05) is 86.2 Å². The molecule has 0 bridgehead atoms. The highest BCUT2D eigenvalue weighted by molar-refractivity contribution is 5.93. The van der Waals surface area contributed by atoms with Crippen molar-refractivity contribution in [1.82, 2.24) is 70.0 Å². The third-order valence-corrected chi connectivity index (χ3v) is 13.1. The molecule has 8 heterocycles. The standard InChI is InChI=1S/C28H34N8O3.C26H30N8O2/c1-28(2,3)26-33-25(34-39-26)24(38)14-18-8-10-36(11-12-37)16-20-13-19(5-6-22(18)20)23-7-9-29-27(32-23)31-21-15-30-35(4)17-21;1-26(2,3)24-32-23(33-36-24)22(35)12-16-7-9-27-13-18-11-17(5-6-20(16)18)21-8-10-28-25(31-21)30-19-14-29-34(4)15-19/h5-7,9,13,15,17-18,37H,8,10-12,14,16H2,1-4H3,(H,29,31,32);5-6,8,10-11,14-16,27H,7,9,12-13H2,1-4H3,(H,28,30,31). The van der Waals surface area contributed by atoms with Crippen molar-refractivity contribution in [2.45, 2.75) is 103 Å². The Hall–Kier alpha value is -7.88. The summed E-state index contributed by atoms with van der Waals surface area (Å²) in [6.45, 7) is 15.5. The second kappa shape index (κ2) is 22.3. The number of nitrogens with zero attached hydrogens (tertiary/aromatic N) is 13. The number of benzene rings is 2. The van der Waals surface area contributed by atoms with E-state index in [0.717, 1.165) is 83.1 Å². The summed E-state index contributed by atoms with van der Waals surface area (Å²) in [6, 6.07) is 16.4. The van der Waals surface area contributed by atoms with E-state index in [9.17, 15) is 14.7 Å². The predicted octanol–water partition coefficient (Wildman–Crippen LogP) is 8.01. The molecule has 0 amide bonds. The molecule has 8 aromatic rings. The second-order valence-corrected chi connectivity index (χ2v) is 21.2. The van der Waals surface area contributed by atoms with Crippen LogP contribution in [0, 0.1) is 0 Å². The van der Waals surface area contributed by atoms with Crippen LogP contribution in [0.3, 0.4) is 0 Å². The number of carbonyl (C=O) groups is 2. The Bertz CT molecular complexity index is 3270. The zero-order valence-electron chi connectivity index (χ0n) is 43.7. The van der Waals surface area contributed by atoms with Gasteiger partial charge in [0.1, 0.15) is 0 Å². The fourth-order valence-corrected chi connectivity index (χ4v) is 9.14. The van der Waals surface area contributed by atoms with Crippen molar-refractivity contribution in [2.75, 3.05) is 36.9 Å². The number of nitrogens with one attached hydrogen (secondary N) is 3. The second-order valence-electron chi connectivity index (χ2n) is 21.2. The molecule has 0 saturated heterocycles. The Labute approximate surface area is 435 Å². The number of anilines is 4. The van der Waals surface area contributed by atoms with E-state index in [1.165, 1.54) is 5.56 Å². The molecule has 0 saturated carbocycles. The number of hydrogen-bond donors (Lipinski definition) is 4. The van der Waals surface area contributed by atoms with Crippen LogP contribution in [0.5, 0.6) is 0 Å². The Morgan fingerprint density at radius 2 is 1.20 bits per heavy atom. The molecule has 0 fully saturated rings. The zero-order valence-corrected chi connectivity index (χ0v) is 43.7. The minimum atomic E-state index is -0.323. The van der Waals surface area contributed by atoms with E-state index in [4.69, 9.17) is 14.0 Å². The van der Waals surface area contributed by atoms with E-state index < -0.39 is 0 Å². The average Bonchev–Trinajstić information content (AvgIpc) is 4.21. The molecule has 6 aromatic heterocycles. The molecule has 4 N–H and O–H groups in total. The van der Waals surface area contributed by atoms with Crippen LogP contribution < -0.4 is 16.0 Å². The maximum Gasteiger partial charge on any atom is 0.238 e. The molecule has 2 aromatic carbocycles. The fourth-order valence-electron chi connectivity index (χ4n) is 9.14. The molecule has 75 heavy (non-hydrogen) atoms. The normalized spacial score (nSPS) is 16.0. The lowest BCUT2D eigenvalue weighted by Crippen LogP contribution is -2.26. The van der Waals surface area contributed by atoms with Crippen LogP contribution in [0.25, 0.3) is 22.5 Å². The van der Waals surface area contributed by atoms with Crippen LogP contribution in [0.2, 0.25) is 0 Å². The number of aryl methyl sites for hydroxylation is 2. The lowest BCUT2D eigenvalue weighted by atomic mass is 9.87. The topological polar surface area (TPSA) is 259 Å². The number of β-amino-alcohol motifs (C(OH)–C–C–N with tert-alkyl or cyclic N) is 1. The van der Waals surface area contributed by atoms with Crippen LogP contribution in [0.1, 0.15) is 134 Å². The number of carbonyl (C=O) groups excluding carboxylic acids is 2. The lowest BCUT2D eigenvalue weighted by molar-refractivity contribution is 0.0950. The SMILES string of the molecule is Cn1cc(Nc2nccc(-c3ccc4c(c3)CN(CCO)CCC4CC(=O)c3noc(C(C)(C)C)n3)n2)cn1.Cn1cc(Nc2nccc(-c3ccc4c(c3)CNCCC4CC(=O)c3noc(C(C)(C)C)n3)n2)cn1. The van der Waals surface area contributed by atoms with Gasteiger partial charge in [-0.1, -0.05) is 76.1 Å². The van der Waals surface area contributed by atoms with E-state index in [-0.39, 0.29) is 58.9 Å². The van der Waals surface area contributed by atoms with Gasteiger partial charge in [-0.05, 0) is 84.3 Å². The van der Waals surface area contributed by atoms with Gasteiger partial charge >= 0.3 is 0 Å². The minimum absolute atomic E-state index is 0.00460. The largest absolute Gasteiger partial charge is 0.395 e. The highest BCUT2D eigenvalue weighted by Gasteiger charge is 2.30. The molecule has 2 aliphatic heterocycles. The summed E-state index contributed by atoms with van der Waals surface area (Å²) in [5, 5.41) is 35.7. The van der Waals surface area contributed by atoms with Crippen molar-refractivity contribution in [1.29, 1.82) is 0 Å². The van der Waals surface area contributed by atoms with E-state index in [0.29, 0.717) is 43.2 Å². The number of aliphatic hydroxyl groups excluding tert-OH is 1. The molecule has 2 atom stereocenters. The molecule has 390 valence electrons. The Kier molecular flexibility index (Phi) is 15.5. The van der Waals surface area contributed by atoms with Gasteiger partial charge in [-0.15, -0.1) is 0 Å². The lowest BCUT2D eigenvalue weighted by Gasteiger charge is -2.19. The highest BCUT2D eigenvalue weighted by Crippen LogP contribution is 2.36. The summed E-state index contributed by atoms with van der Waals surface area (Å²) in [7, 11) is 3.71. The van der Waals surface area contributed by atoms with Crippen molar-refractivity contribution in [3.63, 3.8) is 0 Å². The maximum absolute atomic E-state index is 13.2. The van der Waals surface area contributed by atoms with Crippen molar-refractivity contribution < 1.29 is 23.7 Å². The smallest absolute Gasteiger partial charge is 0.238 e. The summed E-state index contributed by atoms with van der Waals surface area (Å²) in [4.78, 5) is 55.2. The summed E-state index contributed by atoms with van der Waals surface area (Å²) in [5.41, 5.74) is 9.11. The first-order chi connectivity index (χ1) is 35.9. The van der Waals surface area contributed by atoms with Crippen molar-refractivity contribution in [3.8, 4) is 22.5 Å². The first kappa shape index (κ1) is 52.0. The average molecular weight is 1020 g/mol. The molecule has 21 heteroatoms. The first-order valence-electron chi connectivity index (χ1n) is 25.2. The van der Waals surface area contributed by atoms with Crippen molar-refractivity contribution in [2.24, 2.45) is 14.1 Å². The third-order valence-electron chi connectivity index (χ3n) is 13.1. The Morgan fingerprint density at radius 1 is 0.693 bits per heavy atom. The molecule has 0 aliphatic carbocycles. The monoisotopic (exact) mass is 1020 g/mol. The van der Waals surface area contributed by atoms with Crippen molar-refractivity contribution in [3.05, 3.63) is 131 Å². The highest BCUT2D eigenvalue weighted by atomic mass is 16.5. The minimum Gasteiger partial charge on any atom is -0.395 e. The van der Waals surface area contributed by atoms with E-state index in [2.05, 4.69) is 96.6 Å². The van der Waals surface area contributed by atoms with Crippen LogP contribution in [0.4, 0.5) is 23.3 Å². The van der Waals surface area contributed by atoms with Crippen LogP contribution in [0.15, 0.2) is 94.8 Å². The molecular formula is C54H64N16O5. The number of aromatic nitrogens is 12. The van der Waals surface area contributed by atoms with Gasteiger partial charge in [0.2, 0.25) is 46.9 Å². The molecule has 2 unspecified atom stereocenters. The molecule has 0 spiro atoms. The maximum atomic E-state index is 13.2. The van der Waals surface area contributed by atoms with Crippen LogP contribution >= 0.6 is 0 Å².